The van der Waals surface area contributed by atoms with Gasteiger partial charge in [0.05, 0.1) is 11.4 Å². The quantitative estimate of drug-likeness (QED) is 0.567. The van der Waals surface area contributed by atoms with E-state index in [2.05, 4.69) is 34.5 Å². The summed E-state index contributed by atoms with van der Waals surface area (Å²) in [6.07, 6.45) is 2.59. The number of likely N-dealkylation sites (N-methyl/N-ethyl adjacent to an activating group) is 1. The van der Waals surface area contributed by atoms with Crippen LogP contribution in [0.1, 0.15) is 5.56 Å². The normalized spacial score (nSPS) is 11.0. The summed E-state index contributed by atoms with van der Waals surface area (Å²) in [5.74, 6) is 0.147. The number of nitrogens with zero attached hydrogens (tertiary/aromatic N) is 4. The molecule has 8 heteroatoms. The number of aromatic nitrogens is 3. The van der Waals surface area contributed by atoms with Crippen LogP contribution in [0.25, 0.3) is 5.69 Å². The molecule has 0 aliphatic heterocycles. The highest BCUT2D eigenvalue weighted by molar-refractivity contribution is 7.99. The number of amides is 1. The molecule has 0 saturated carbocycles. The number of halogens is 1. The molecule has 0 aliphatic rings. The molecule has 0 unspecified atom stereocenters. The molecule has 3 rings (SSSR count). The third-order valence-corrected chi connectivity index (χ3v) is 5.20. The molecule has 0 bridgehead atoms. The van der Waals surface area contributed by atoms with E-state index in [1.807, 2.05) is 53.1 Å². The van der Waals surface area contributed by atoms with Gasteiger partial charge in [0.15, 0.2) is 5.16 Å². The van der Waals surface area contributed by atoms with Crippen LogP contribution in [0.3, 0.4) is 0 Å². The maximum absolute atomic E-state index is 12.3. The molecule has 28 heavy (non-hydrogen) atoms. The van der Waals surface area contributed by atoms with E-state index in [4.69, 9.17) is 11.6 Å². The lowest BCUT2D eigenvalue weighted by atomic mass is 10.1. The van der Waals surface area contributed by atoms with Crippen LogP contribution in [0.2, 0.25) is 5.02 Å². The van der Waals surface area contributed by atoms with Crippen molar-refractivity contribution in [1.29, 1.82) is 0 Å². The summed E-state index contributed by atoms with van der Waals surface area (Å²) >= 11 is 7.38. The number of benzene rings is 2. The predicted molar refractivity (Wildman–Crippen MR) is 114 cm³/mol. The summed E-state index contributed by atoms with van der Waals surface area (Å²) in [6.45, 7) is 0.996. The molecule has 1 N–H and O–H groups in total. The Morgan fingerprint density at radius 3 is 2.71 bits per heavy atom. The molecule has 1 aromatic heterocycles. The lowest BCUT2D eigenvalue weighted by Gasteiger charge is -2.10. The zero-order valence-corrected chi connectivity index (χ0v) is 17.4. The van der Waals surface area contributed by atoms with Crippen LogP contribution in [0.4, 0.5) is 5.69 Å². The van der Waals surface area contributed by atoms with Crippen molar-refractivity contribution in [3.63, 3.8) is 0 Å². The molecule has 0 atom stereocenters. The van der Waals surface area contributed by atoms with Gasteiger partial charge in [-0.2, -0.15) is 0 Å². The standard InChI is InChI=1S/C20H22ClN5OS/c1-25(2)11-10-15-6-8-17(9-7-15)23-19(27)13-28-20-24-22-14-26(20)18-5-3-4-16(21)12-18/h3-9,12,14H,10-11,13H2,1-2H3,(H,23,27). The van der Waals surface area contributed by atoms with Gasteiger partial charge >= 0.3 is 0 Å². The Hall–Kier alpha value is -2.35. The maximum atomic E-state index is 12.3. The Balaban J connectivity index is 1.55. The molecular formula is C20H22ClN5OS. The van der Waals surface area contributed by atoms with Crippen molar-refractivity contribution >= 4 is 35.0 Å². The predicted octanol–water partition coefficient (Wildman–Crippen LogP) is 3.76. The Morgan fingerprint density at radius 1 is 1.21 bits per heavy atom. The average molecular weight is 416 g/mol. The minimum Gasteiger partial charge on any atom is -0.325 e. The second-order valence-corrected chi connectivity index (χ2v) is 7.93. The van der Waals surface area contributed by atoms with E-state index in [0.29, 0.717) is 10.2 Å². The molecule has 0 radical (unpaired) electrons. The summed E-state index contributed by atoms with van der Waals surface area (Å²) in [6, 6.07) is 15.4. The molecule has 0 fully saturated rings. The SMILES string of the molecule is CN(C)CCc1ccc(NC(=O)CSc2nncn2-c2cccc(Cl)c2)cc1. The molecule has 0 spiro atoms. The Kier molecular flexibility index (Phi) is 7.08. The van der Waals surface area contributed by atoms with Crippen molar-refractivity contribution in [2.75, 3.05) is 31.7 Å². The van der Waals surface area contributed by atoms with Crippen LogP contribution in [-0.4, -0.2) is 52.0 Å². The van der Waals surface area contributed by atoms with Crippen LogP contribution in [0.5, 0.6) is 0 Å². The molecule has 1 heterocycles. The highest BCUT2D eigenvalue weighted by atomic mass is 35.5. The van der Waals surface area contributed by atoms with E-state index in [1.165, 1.54) is 17.3 Å². The zero-order valence-electron chi connectivity index (χ0n) is 15.8. The minimum absolute atomic E-state index is 0.0910. The van der Waals surface area contributed by atoms with Crippen molar-refractivity contribution in [3.8, 4) is 5.69 Å². The first-order valence-electron chi connectivity index (χ1n) is 8.83. The fourth-order valence-electron chi connectivity index (χ4n) is 2.56. The van der Waals surface area contributed by atoms with E-state index in [1.54, 1.807) is 6.33 Å². The number of rotatable bonds is 8. The largest absolute Gasteiger partial charge is 0.325 e. The first kappa shape index (κ1) is 20.4. The van der Waals surface area contributed by atoms with Gasteiger partial charge in [0.2, 0.25) is 5.91 Å². The number of nitrogens with one attached hydrogen (secondary N) is 1. The van der Waals surface area contributed by atoms with Crippen LogP contribution >= 0.6 is 23.4 Å². The van der Waals surface area contributed by atoms with Crippen molar-refractivity contribution in [2.45, 2.75) is 11.6 Å². The van der Waals surface area contributed by atoms with Gasteiger partial charge in [0.25, 0.3) is 0 Å². The van der Waals surface area contributed by atoms with Crippen LogP contribution in [-0.2, 0) is 11.2 Å². The molecule has 6 nitrogen and oxygen atoms in total. The number of hydrogen-bond donors (Lipinski definition) is 1. The highest BCUT2D eigenvalue weighted by Crippen LogP contribution is 2.22. The van der Waals surface area contributed by atoms with Gasteiger partial charge in [0.1, 0.15) is 6.33 Å². The Bertz CT molecular complexity index is 926. The van der Waals surface area contributed by atoms with Crippen LogP contribution < -0.4 is 5.32 Å². The molecule has 0 saturated heterocycles. The van der Waals surface area contributed by atoms with Gasteiger partial charge in [-0.15, -0.1) is 10.2 Å². The molecule has 0 aliphatic carbocycles. The van der Waals surface area contributed by atoms with Crippen molar-refractivity contribution in [2.24, 2.45) is 0 Å². The lowest BCUT2D eigenvalue weighted by molar-refractivity contribution is -0.113. The summed E-state index contributed by atoms with van der Waals surface area (Å²) < 4.78 is 1.81. The number of anilines is 1. The third-order valence-electron chi connectivity index (χ3n) is 4.02. The minimum atomic E-state index is -0.0910. The van der Waals surface area contributed by atoms with Crippen molar-refractivity contribution < 1.29 is 4.79 Å². The number of thioether (sulfide) groups is 1. The molecule has 146 valence electrons. The van der Waals surface area contributed by atoms with E-state index >= 15 is 0 Å². The van der Waals surface area contributed by atoms with Gasteiger partial charge < -0.3 is 10.2 Å². The third kappa shape index (κ3) is 5.82. The zero-order chi connectivity index (χ0) is 19.9. The second kappa shape index (κ2) is 9.73. The first-order chi connectivity index (χ1) is 13.5. The Morgan fingerprint density at radius 2 is 2.00 bits per heavy atom. The van der Waals surface area contributed by atoms with E-state index in [-0.39, 0.29) is 11.7 Å². The van der Waals surface area contributed by atoms with Crippen molar-refractivity contribution in [1.82, 2.24) is 19.7 Å². The average Bonchev–Trinajstić information content (AvgIpc) is 3.14. The summed E-state index contributed by atoms with van der Waals surface area (Å²) in [5, 5.41) is 12.2. The lowest BCUT2D eigenvalue weighted by Crippen LogP contribution is -2.15. The second-order valence-electron chi connectivity index (χ2n) is 6.55. The van der Waals surface area contributed by atoms with E-state index in [0.717, 1.165) is 24.3 Å². The fraction of sp³-hybridized carbons (Fsp3) is 0.250. The van der Waals surface area contributed by atoms with Gasteiger partial charge in [-0.1, -0.05) is 41.6 Å². The Labute approximate surface area is 173 Å². The van der Waals surface area contributed by atoms with E-state index in [9.17, 15) is 4.79 Å². The van der Waals surface area contributed by atoms with E-state index < -0.39 is 0 Å². The van der Waals surface area contributed by atoms with Crippen LogP contribution in [0, 0.1) is 0 Å². The summed E-state index contributed by atoms with van der Waals surface area (Å²) in [5.41, 5.74) is 2.89. The number of carbonyl (C=O) groups is 1. The van der Waals surface area contributed by atoms with Gasteiger partial charge in [0, 0.05) is 17.3 Å². The number of carbonyl (C=O) groups excluding carboxylic acids is 1. The fourth-order valence-corrected chi connectivity index (χ4v) is 3.47. The first-order valence-corrected chi connectivity index (χ1v) is 10.2. The maximum Gasteiger partial charge on any atom is 0.234 e. The monoisotopic (exact) mass is 415 g/mol. The summed E-state index contributed by atoms with van der Waals surface area (Å²) in [4.78, 5) is 14.4. The van der Waals surface area contributed by atoms with Gasteiger partial charge in [-0.05, 0) is 56.4 Å². The summed E-state index contributed by atoms with van der Waals surface area (Å²) in [7, 11) is 4.11. The molecule has 1 amide bonds. The molecular weight excluding hydrogens is 394 g/mol. The molecule has 2 aromatic carbocycles. The smallest absolute Gasteiger partial charge is 0.234 e. The van der Waals surface area contributed by atoms with Crippen molar-refractivity contribution in [3.05, 3.63) is 65.4 Å². The molecule has 3 aromatic rings. The van der Waals surface area contributed by atoms with Gasteiger partial charge in [-0.3, -0.25) is 9.36 Å². The van der Waals surface area contributed by atoms with Crippen LogP contribution in [0.15, 0.2) is 60.0 Å². The topological polar surface area (TPSA) is 63.1 Å². The highest BCUT2D eigenvalue weighted by Gasteiger charge is 2.11. The van der Waals surface area contributed by atoms with Gasteiger partial charge in [-0.25, -0.2) is 0 Å². The number of hydrogen-bond acceptors (Lipinski definition) is 5.